The highest BCUT2D eigenvalue weighted by atomic mass is 16.1. The zero-order valence-electron chi connectivity index (χ0n) is 15.6. The molecule has 1 fully saturated rings. The molecule has 0 spiro atoms. The quantitative estimate of drug-likeness (QED) is 0.581. The molecule has 1 aliphatic carbocycles. The van der Waals surface area contributed by atoms with Crippen LogP contribution in [0.2, 0.25) is 0 Å². The molecule has 1 N–H and O–H groups in total. The van der Waals surface area contributed by atoms with E-state index in [0.29, 0.717) is 17.1 Å². The maximum atomic E-state index is 12.7. The van der Waals surface area contributed by atoms with E-state index in [-0.39, 0.29) is 11.7 Å². The second kappa shape index (κ2) is 6.34. The highest BCUT2D eigenvalue weighted by Gasteiger charge is 2.26. The lowest BCUT2D eigenvalue weighted by molar-refractivity contribution is 0.257. The molecule has 7 heteroatoms. The van der Waals surface area contributed by atoms with Crippen LogP contribution in [0.5, 0.6) is 0 Å². The number of H-pyrrole nitrogens is 1. The molecule has 0 saturated heterocycles. The molecule has 5 rings (SSSR count). The summed E-state index contributed by atoms with van der Waals surface area (Å²) < 4.78 is 3.71. The number of fused-ring (bicyclic) bond motifs is 2. The molecule has 0 bridgehead atoms. The molecule has 1 saturated carbocycles. The van der Waals surface area contributed by atoms with Gasteiger partial charge in [-0.15, -0.1) is 0 Å². The number of aromatic amines is 1. The van der Waals surface area contributed by atoms with Crippen molar-refractivity contribution in [1.29, 1.82) is 5.26 Å². The van der Waals surface area contributed by atoms with Gasteiger partial charge in [0.05, 0.1) is 28.7 Å². The molecule has 0 aliphatic heterocycles. The van der Waals surface area contributed by atoms with Crippen LogP contribution < -0.4 is 5.69 Å². The van der Waals surface area contributed by atoms with Gasteiger partial charge in [-0.2, -0.15) is 5.26 Å². The number of aromatic nitrogens is 5. The van der Waals surface area contributed by atoms with Crippen LogP contribution in [0.15, 0.2) is 41.5 Å². The Hall–Kier alpha value is -3.40. The normalized spacial score (nSPS) is 19.9. The Balaban J connectivity index is 1.69. The summed E-state index contributed by atoms with van der Waals surface area (Å²) in [6, 6.07) is 9.68. The van der Waals surface area contributed by atoms with Crippen molar-refractivity contribution in [1.82, 2.24) is 23.9 Å². The average Bonchev–Trinajstić information content (AvgIpc) is 3.27. The van der Waals surface area contributed by atoms with Gasteiger partial charge in [0.2, 0.25) is 0 Å². The molecule has 4 aromatic rings. The second-order valence-electron chi connectivity index (χ2n) is 7.60. The number of hydrogen-bond donors (Lipinski definition) is 1. The fourth-order valence-electron chi connectivity index (χ4n) is 4.37. The summed E-state index contributed by atoms with van der Waals surface area (Å²) in [6.07, 6.45) is 8.00. The van der Waals surface area contributed by atoms with Crippen molar-refractivity contribution in [3.8, 4) is 17.5 Å². The minimum Gasteiger partial charge on any atom is -0.304 e. The fourth-order valence-corrected chi connectivity index (χ4v) is 4.37. The summed E-state index contributed by atoms with van der Waals surface area (Å²) >= 11 is 0. The van der Waals surface area contributed by atoms with Crippen LogP contribution in [0, 0.1) is 17.2 Å². The largest absolute Gasteiger partial charge is 0.327 e. The van der Waals surface area contributed by atoms with Crippen LogP contribution in [0.4, 0.5) is 0 Å². The minimum atomic E-state index is -0.0942. The molecule has 4 heterocycles. The van der Waals surface area contributed by atoms with E-state index >= 15 is 0 Å². The Morgan fingerprint density at radius 3 is 2.89 bits per heavy atom. The van der Waals surface area contributed by atoms with Gasteiger partial charge in [0.1, 0.15) is 11.7 Å². The Bertz CT molecular complexity index is 1290. The SMILES string of the molecule is CC1CCCCC1n1c(=O)[nH]c2ccc(-c3cnc4ccc(C#N)cn34)nc21. The first-order valence-corrected chi connectivity index (χ1v) is 9.64. The number of rotatable bonds is 2. The molecule has 2 unspecified atom stereocenters. The van der Waals surface area contributed by atoms with Gasteiger partial charge in [0.25, 0.3) is 0 Å². The number of nitrogens with one attached hydrogen (secondary N) is 1. The van der Waals surface area contributed by atoms with Gasteiger partial charge in [0, 0.05) is 12.2 Å². The number of hydrogen-bond acceptors (Lipinski definition) is 4. The first-order chi connectivity index (χ1) is 13.7. The number of nitrogens with zero attached hydrogens (tertiary/aromatic N) is 5. The van der Waals surface area contributed by atoms with E-state index in [4.69, 9.17) is 4.98 Å². The molecular weight excluding hydrogens is 352 g/mol. The van der Waals surface area contributed by atoms with Crippen molar-refractivity contribution in [2.75, 3.05) is 0 Å². The van der Waals surface area contributed by atoms with Crippen molar-refractivity contribution in [3.63, 3.8) is 0 Å². The van der Waals surface area contributed by atoms with Crippen LogP contribution in [-0.2, 0) is 0 Å². The van der Waals surface area contributed by atoms with Crippen LogP contribution in [0.1, 0.15) is 44.2 Å². The van der Waals surface area contributed by atoms with Gasteiger partial charge in [-0.25, -0.2) is 14.8 Å². The molecule has 28 heavy (non-hydrogen) atoms. The summed E-state index contributed by atoms with van der Waals surface area (Å²) in [5.74, 6) is 0.449. The maximum Gasteiger partial charge on any atom is 0.327 e. The van der Waals surface area contributed by atoms with Gasteiger partial charge in [0.15, 0.2) is 5.65 Å². The topological polar surface area (TPSA) is 91.8 Å². The summed E-state index contributed by atoms with van der Waals surface area (Å²) in [4.78, 5) is 24.9. The van der Waals surface area contributed by atoms with E-state index in [1.165, 1.54) is 6.42 Å². The Morgan fingerprint density at radius 1 is 1.21 bits per heavy atom. The molecule has 7 nitrogen and oxygen atoms in total. The molecule has 0 aromatic carbocycles. The predicted molar refractivity (Wildman–Crippen MR) is 106 cm³/mol. The standard InChI is InChI=1S/C21H20N6O/c1-13-4-2-3-5-17(13)27-20-16(25-21(27)28)8-7-15(24-20)18-11-23-19-9-6-14(10-22)12-26(18)19/h6-9,11-13,17H,2-5H2,1H3,(H,25,28). The van der Waals surface area contributed by atoms with Crippen molar-refractivity contribution >= 4 is 16.8 Å². The lowest BCUT2D eigenvalue weighted by Crippen LogP contribution is -2.29. The average molecular weight is 372 g/mol. The molecule has 2 atom stereocenters. The zero-order valence-corrected chi connectivity index (χ0v) is 15.6. The van der Waals surface area contributed by atoms with E-state index in [1.54, 1.807) is 18.5 Å². The third-order valence-corrected chi connectivity index (χ3v) is 5.86. The van der Waals surface area contributed by atoms with Gasteiger partial charge < -0.3 is 4.98 Å². The van der Waals surface area contributed by atoms with Crippen LogP contribution in [0.25, 0.3) is 28.2 Å². The Morgan fingerprint density at radius 2 is 2.07 bits per heavy atom. The summed E-state index contributed by atoms with van der Waals surface area (Å²) in [5, 5.41) is 9.20. The summed E-state index contributed by atoms with van der Waals surface area (Å²) in [5.41, 5.74) is 4.18. The summed E-state index contributed by atoms with van der Waals surface area (Å²) in [6.45, 7) is 2.22. The molecule has 0 amide bonds. The van der Waals surface area contributed by atoms with Gasteiger partial charge in [-0.05, 0) is 43.0 Å². The Kier molecular flexibility index (Phi) is 3.79. The van der Waals surface area contributed by atoms with E-state index in [2.05, 4.69) is 23.0 Å². The molecular formula is C21H20N6O. The second-order valence-corrected chi connectivity index (χ2v) is 7.60. The molecule has 4 aromatic heterocycles. The van der Waals surface area contributed by atoms with E-state index in [0.717, 1.165) is 41.8 Å². The first kappa shape index (κ1) is 16.8. The monoisotopic (exact) mass is 372 g/mol. The van der Waals surface area contributed by atoms with Gasteiger partial charge >= 0.3 is 5.69 Å². The number of imidazole rings is 2. The van der Waals surface area contributed by atoms with Crippen LogP contribution >= 0.6 is 0 Å². The lowest BCUT2D eigenvalue weighted by Gasteiger charge is -2.29. The fraction of sp³-hybridized carbons (Fsp3) is 0.333. The minimum absolute atomic E-state index is 0.0942. The van der Waals surface area contributed by atoms with Crippen molar-refractivity contribution < 1.29 is 0 Å². The van der Waals surface area contributed by atoms with E-state index in [9.17, 15) is 10.1 Å². The van der Waals surface area contributed by atoms with Crippen LogP contribution in [-0.4, -0.2) is 23.9 Å². The van der Waals surface area contributed by atoms with Crippen molar-refractivity contribution in [2.45, 2.75) is 38.6 Å². The van der Waals surface area contributed by atoms with Gasteiger partial charge in [-0.1, -0.05) is 19.8 Å². The highest BCUT2D eigenvalue weighted by molar-refractivity contribution is 5.75. The number of pyridine rings is 2. The van der Waals surface area contributed by atoms with Crippen molar-refractivity contribution in [3.05, 3.63) is 52.7 Å². The highest BCUT2D eigenvalue weighted by Crippen LogP contribution is 2.34. The molecule has 0 radical (unpaired) electrons. The molecule has 1 aliphatic rings. The molecule has 140 valence electrons. The predicted octanol–water partition coefficient (Wildman–Crippen LogP) is 3.66. The van der Waals surface area contributed by atoms with Crippen LogP contribution in [0.3, 0.4) is 0 Å². The first-order valence-electron chi connectivity index (χ1n) is 9.64. The van der Waals surface area contributed by atoms with E-state index in [1.807, 2.05) is 27.2 Å². The lowest BCUT2D eigenvalue weighted by atomic mass is 9.86. The Labute approximate surface area is 161 Å². The smallest absolute Gasteiger partial charge is 0.304 e. The third kappa shape index (κ3) is 2.53. The maximum absolute atomic E-state index is 12.7. The summed E-state index contributed by atoms with van der Waals surface area (Å²) in [7, 11) is 0. The third-order valence-electron chi connectivity index (χ3n) is 5.86. The number of nitriles is 1. The van der Waals surface area contributed by atoms with E-state index < -0.39 is 0 Å². The van der Waals surface area contributed by atoms with Crippen molar-refractivity contribution in [2.24, 2.45) is 5.92 Å². The van der Waals surface area contributed by atoms with Gasteiger partial charge in [-0.3, -0.25) is 8.97 Å². The zero-order chi connectivity index (χ0) is 19.3.